The Bertz CT molecular complexity index is 1240. The third-order valence-corrected chi connectivity index (χ3v) is 7.68. The molecular weight excluding hydrogens is 456 g/mol. The number of furan rings is 1. The SMILES string of the molecule is CC(NC(=O)N1CCC2(CCN(C(=O)CNC(=O)c3ccco3)CC2)C1)c1cccc2ccccc12. The maximum atomic E-state index is 13.1. The van der Waals surface area contributed by atoms with Crippen LogP contribution in [0.4, 0.5) is 4.79 Å². The van der Waals surface area contributed by atoms with Gasteiger partial charge in [-0.05, 0) is 60.1 Å². The summed E-state index contributed by atoms with van der Waals surface area (Å²) in [7, 11) is 0. The Labute approximate surface area is 210 Å². The van der Waals surface area contributed by atoms with Gasteiger partial charge in [0.05, 0.1) is 18.8 Å². The molecule has 36 heavy (non-hydrogen) atoms. The van der Waals surface area contributed by atoms with Crippen molar-refractivity contribution in [2.45, 2.75) is 32.2 Å². The van der Waals surface area contributed by atoms with E-state index in [1.54, 1.807) is 17.0 Å². The van der Waals surface area contributed by atoms with E-state index in [9.17, 15) is 14.4 Å². The molecule has 1 unspecified atom stereocenters. The summed E-state index contributed by atoms with van der Waals surface area (Å²) in [5.41, 5.74) is 1.16. The van der Waals surface area contributed by atoms with E-state index in [0.29, 0.717) is 19.6 Å². The molecule has 3 aromatic rings. The molecule has 2 aliphatic rings. The van der Waals surface area contributed by atoms with Crippen LogP contribution in [0.1, 0.15) is 48.3 Å². The molecule has 1 aromatic heterocycles. The first-order valence-electron chi connectivity index (χ1n) is 12.6. The first kappa shape index (κ1) is 23.9. The van der Waals surface area contributed by atoms with Crippen LogP contribution in [0.2, 0.25) is 0 Å². The molecule has 0 saturated carbocycles. The summed E-state index contributed by atoms with van der Waals surface area (Å²) in [6.07, 6.45) is 4.08. The highest BCUT2D eigenvalue weighted by Gasteiger charge is 2.43. The van der Waals surface area contributed by atoms with Gasteiger partial charge in [0.15, 0.2) is 5.76 Å². The Morgan fingerprint density at radius 1 is 0.944 bits per heavy atom. The summed E-state index contributed by atoms with van der Waals surface area (Å²) in [5.74, 6) is -0.294. The van der Waals surface area contributed by atoms with Crippen molar-refractivity contribution in [3.63, 3.8) is 0 Å². The zero-order chi connectivity index (χ0) is 25.1. The number of carbonyl (C=O) groups excluding carboxylic acids is 3. The Hall–Kier alpha value is -3.81. The standard InChI is InChI=1S/C28H32N4O4/c1-20(22-9-4-7-21-6-2-3-8-23(21)22)30-27(35)32-16-13-28(19-32)11-14-31(15-12-28)25(33)18-29-26(34)24-10-5-17-36-24/h2-10,17,20H,11-16,18-19H2,1H3,(H,29,34)(H,30,35). The number of piperidine rings is 1. The second kappa shape index (κ2) is 10.0. The van der Waals surface area contributed by atoms with Gasteiger partial charge in [-0.1, -0.05) is 42.5 Å². The third-order valence-electron chi connectivity index (χ3n) is 7.68. The Balaban J connectivity index is 1.11. The smallest absolute Gasteiger partial charge is 0.317 e. The molecule has 1 spiro atoms. The van der Waals surface area contributed by atoms with E-state index in [2.05, 4.69) is 34.9 Å². The molecular formula is C28H32N4O4. The number of fused-ring (bicyclic) bond motifs is 1. The van der Waals surface area contributed by atoms with Crippen molar-refractivity contribution >= 4 is 28.6 Å². The molecule has 2 fully saturated rings. The van der Waals surface area contributed by atoms with E-state index in [1.807, 2.05) is 30.0 Å². The minimum atomic E-state index is -0.392. The van der Waals surface area contributed by atoms with Gasteiger partial charge < -0.3 is 24.9 Å². The van der Waals surface area contributed by atoms with Crippen molar-refractivity contribution in [1.82, 2.24) is 20.4 Å². The lowest BCUT2D eigenvalue weighted by Gasteiger charge is -2.39. The van der Waals surface area contributed by atoms with Crippen molar-refractivity contribution in [2.24, 2.45) is 5.41 Å². The van der Waals surface area contributed by atoms with Gasteiger partial charge in [-0.15, -0.1) is 0 Å². The van der Waals surface area contributed by atoms with Crippen LogP contribution < -0.4 is 10.6 Å². The molecule has 8 heteroatoms. The number of amides is 4. The average Bonchev–Trinajstić information content (AvgIpc) is 3.58. The summed E-state index contributed by atoms with van der Waals surface area (Å²) in [5, 5.41) is 8.14. The van der Waals surface area contributed by atoms with Crippen LogP contribution in [-0.4, -0.2) is 60.4 Å². The van der Waals surface area contributed by atoms with E-state index in [-0.39, 0.29) is 35.7 Å². The molecule has 2 aliphatic heterocycles. The Morgan fingerprint density at radius 2 is 1.67 bits per heavy atom. The van der Waals surface area contributed by atoms with Crippen LogP contribution in [0.5, 0.6) is 0 Å². The number of carbonyl (C=O) groups is 3. The van der Waals surface area contributed by atoms with Crippen LogP contribution in [0.25, 0.3) is 10.8 Å². The van der Waals surface area contributed by atoms with Crippen molar-refractivity contribution < 1.29 is 18.8 Å². The lowest BCUT2D eigenvalue weighted by Crippen LogP contribution is -2.48. The normalized spacial score (nSPS) is 17.8. The largest absolute Gasteiger partial charge is 0.459 e. The highest BCUT2D eigenvalue weighted by molar-refractivity contribution is 5.94. The summed E-state index contributed by atoms with van der Waals surface area (Å²) in [4.78, 5) is 41.4. The molecule has 5 rings (SSSR count). The van der Waals surface area contributed by atoms with Crippen LogP contribution in [0.15, 0.2) is 65.3 Å². The maximum Gasteiger partial charge on any atom is 0.317 e. The van der Waals surface area contributed by atoms with Crippen LogP contribution in [-0.2, 0) is 4.79 Å². The Kier molecular flexibility index (Phi) is 6.67. The van der Waals surface area contributed by atoms with E-state index in [1.165, 1.54) is 6.26 Å². The number of benzene rings is 2. The number of urea groups is 1. The van der Waals surface area contributed by atoms with E-state index in [4.69, 9.17) is 4.42 Å². The predicted octanol–water partition coefficient (Wildman–Crippen LogP) is 3.95. The number of hydrogen-bond donors (Lipinski definition) is 2. The quantitative estimate of drug-likeness (QED) is 0.569. The second-order valence-electron chi connectivity index (χ2n) is 9.95. The number of hydrogen-bond acceptors (Lipinski definition) is 4. The molecule has 8 nitrogen and oxygen atoms in total. The predicted molar refractivity (Wildman–Crippen MR) is 136 cm³/mol. The van der Waals surface area contributed by atoms with Gasteiger partial charge in [0.25, 0.3) is 5.91 Å². The Morgan fingerprint density at radius 3 is 2.42 bits per heavy atom. The first-order valence-corrected chi connectivity index (χ1v) is 12.6. The fourth-order valence-electron chi connectivity index (χ4n) is 5.49. The van der Waals surface area contributed by atoms with Gasteiger partial charge in [0.1, 0.15) is 0 Å². The monoisotopic (exact) mass is 488 g/mol. The lowest BCUT2D eigenvalue weighted by atomic mass is 9.78. The summed E-state index contributed by atoms with van der Waals surface area (Å²) in [6.45, 7) is 4.68. The van der Waals surface area contributed by atoms with Gasteiger partial charge in [0, 0.05) is 26.2 Å². The summed E-state index contributed by atoms with van der Waals surface area (Å²) >= 11 is 0. The van der Waals surface area contributed by atoms with Crippen LogP contribution in [0.3, 0.4) is 0 Å². The fraction of sp³-hybridized carbons (Fsp3) is 0.393. The van der Waals surface area contributed by atoms with E-state index in [0.717, 1.165) is 42.1 Å². The molecule has 2 saturated heterocycles. The number of nitrogens with zero attached hydrogens (tertiary/aromatic N) is 2. The maximum absolute atomic E-state index is 13.1. The molecule has 188 valence electrons. The first-order chi connectivity index (χ1) is 17.4. The van der Waals surface area contributed by atoms with Gasteiger partial charge in [-0.2, -0.15) is 0 Å². The van der Waals surface area contributed by atoms with Gasteiger partial charge >= 0.3 is 6.03 Å². The van der Waals surface area contributed by atoms with Crippen molar-refractivity contribution in [1.29, 1.82) is 0 Å². The number of rotatable bonds is 5. The molecule has 3 heterocycles. The minimum absolute atomic E-state index is 0.0357. The lowest BCUT2D eigenvalue weighted by molar-refractivity contribution is -0.132. The van der Waals surface area contributed by atoms with Crippen LogP contribution in [0, 0.1) is 5.41 Å². The molecule has 4 amide bonds. The molecule has 0 aliphatic carbocycles. The van der Waals surface area contributed by atoms with E-state index < -0.39 is 5.91 Å². The topological polar surface area (TPSA) is 94.9 Å². The number of nitrogens with one attached hydrogen (secondary N) is 2. The van der Waals surface area contributed by atoms with Crippen LogP contribution >= 0.6 is 0 Å². The highest BCUT2D eigenvalue weighted by Crippen LogP contribution is 2.40. The second-order valence-corrected chi connectivity index (χ2v) is 9.95. The minimum Gasteiger partial charge on any atom is -0.459 e. The molecule has 1 atom stereocenters. The zero-order valence-corrected chi connectivity index (χ0v) is 20.5. The molecule has 2 aromatic carbocycles. The number of likely N-dealkylation sites (tertiary alicyclic amines) is 2. The highest BCUT2D eigenvalue weighted by atomic mass is 16.3. The molecule has 2 N–H and O–H groups in total. The average molecular weight is 489 g/mol. The van der Waals surface area contributed by atoms with Crippen molar-refractivity contribution in [2.75, 3.05) is 32.7 Å². The molecule has 0 bridgehead atoms. The van der Waals surface area contributed by atoms with E-state index >= 15 is 0 Å². The third kappa shape index (κ3) is 4.94. The van der Waals surface area contributed by atoms with Crippen molar-refractivity contribution in [3.05, 3.63) is 72.2 Å². The van der Waals surface area contributed by atoms with Crippen molar-refractivity contribution in [3.8, 4) is 0 Å². The van der Waals surface area contributed by atoms with Gasteiger partial charge in [-0.25, -0.2) is 4.79 Å². The molecule has 0 radical (unpaired) electrons. The summed E-state index contributed by atoms with van der Waals surface area (Å²) in [6, 6.07) is 17.5. The zero-order valence-electron chi connectivity index (χ0n) is 20.5. The van der Waals surface area contributed by atoms with Gasteiger partial charge in [-0.3, -0.25) is 9.59 Å². The summed E-state index contributed by atoms with van der Waals surface area (Å²) < 4.78 is 5.06. The van der Waals surface area contributed by atoms with Gasteiger partial charge in [0.2, 0.25) is 5.91 Å². The fourth-order valence-corrected chi connectivity index (χ4v) is 5.49.